The first-order valence-electron chi connectivity index (χ1n) is 9.62. The highest BCUT2D eigenvalue weighted by molar-refractivity contribution is 7.99. The Morgan fingerprint density at radius 1 is 1.30 bits per heavy atom. The number of nitrogens with zero attached hydrogens (tertiary/aromatic N) is 1. The number of ether oxygens (including phenoxy) is 1. The number of hydrogen-bond acceptors (Lipinski definition) is 8. The molecule has 0 aliphatic carbocycles. The van der Waals surface area contributed by atoms with Crippen LogP contribution in [-0.4, -0.2) is 99.1 Å². The molecule has 2 rings (SSSR count). The number of aliphatic hydroxyl groups is 4. The molecule has 0 radical (unpaired) electrons. The molecule has 5 N–H and O–H groups in total. The highest BCUT2D eigenvalue weighted by Crippen LogP contribution is 2.30. The molecule has 158 valence electrons. The summed E-state index contributed by atoms with van der Waals surface area (Å²) in [6.07, 6.45) is -1.50. The van der Waals surface area contributed by atoms with Crippen molar-refractivity contribution in [3.05, 3.63) is 0 Å². The minimum absolute atomic E-state index is 0.223. The fourth-order valence-electron chi connectivity index (χ4n) is 4.13. The summed E-state index contributed by atoms with van der Waals surface area (Å²) in [5.74, 6) is 0.245. The van der Waals surface area contributed by atoms with Crippen LogP contribution in [0, 0.1) is 5.92 Å². The van der Waals surface area contributed by atoms with Gasteiger partial charge in [0.1, 0.15) is 29.9 Å². The topological polar surface area (TPSA) is 122 Å². The number of amides is 1. The molecule has 2 heterocycles. The molecule has 9 atom stereocenters. The maximum atomic E-state index is 12.8. The molecule has 0 saturated carbocycles. The monoisotopic (exact) mass is 406 g/mol. The average molecular weight is 407 g/mol. The second-order valence-corrected chi connectivity index (χ2v) is 8.73. The Hall–Kier alpha value is -0.420. The zero-order valence-corrected chi connectivity index (χ0v) is 17.3. The van der Waals surface area contributed by atoms with Crippen molar-refractivity contribution in [1.82, 2.24) is 10.2 Å². The number of likely N-dealkylation sites (N-methyl/N-ethyl adjacent to an activating group) is 1. The van der Waals surface area contributed by atoms with Gasteiger partial charge in [-0.3, -0.25) is 9.69 Å². The molecule has 0 bridgehead atoms. The molecule has 8 nitrogen and oxygen atoms in total. The second kappa shape index (κ2) is 9.87. The number of aliphatic hydroxyl groups excluding tert-OH is 4. The molecule has 1 amide bonds. The lowest BCUT2D eigenvalue weighted by atomic mass is 9.92. The normalized spacial score (nSPS) is 39.9. The van der Waals surface area contributed by atoms with Gasteiger partial charge in [-0.25, -0.2) is 0 Å². The van der Waals surface area contributed by atoms with E-state index in [9.17, 15) is 25.2 Å². The van der Waals surface area contributed by atoms with Crippen molar-refractivity contribution in [3.63, 3.8) is 0 Å². The molecular weight excluding hydrogens is 372 g/mol. The fraction of sp³-hybridized carbons (Fsp3) is 0.944. The van der Waals surface area contributed by atoms with Crippen molar-refractivity contribution in [2.75, 3.05) is 19.8 Å². The molecule has 0 spiro atoms. The first-order chi connectivity index (χ1) is 12.7. The van der Waals surface area contributed by atoms with Gasteiger partial charge >= 0.3 is 0 Å². The van der Waals surface area contributed by atoms with E-state index in [4.69, 9.17) is 4.74 Å². The van der Waals surface area contributed by atoms with Crippen molar-refractivity contribution in [2.24, 2.45) is 5.92 Å². The summed E-state index contributed by atoms with van der Waals surface area (Å²) < 4.78 is 5.72. The lowest BCUT2D eigenvalue weighted by molar-refractivity contribution is -0.211. The summed E-state index contributed by atoms with van der Waals surface area (Å²) in [7, 11) is 1.91. The number of hydrogen-bond donors (Lipinski definition) is 5. The van der Waals surface area contributed by atoms with E-state index in [0.717, 1.165) is 25.8 Å². The van der Waals surface area contributed by atoms with Gasteiger partial charge in [-0.1, -0.05) is 13.3 Å². The van der Waals surface area contributed by atoms with Crippen LogP contribution in [0.25, 0.3) is 0 Å². The molecule has 27 heavy (non-hydrogen) atoms. The van der Waals surface area contributed by atoms with Crippen LogP contribution in [0.5, 0.6) is 0 Å². The number of nitrogens with one attached hydrogen (secondary N) is 1. The summed E-state index contributed by atoms with van der Waals surface area (Å²) in [5.41, 5.74) is -0.755. The summed E-state index contributed by atoms with van der Waals surface area (Å²) in [6.45, 7) is 4.48. The summed E-state index contributed by atoms with van der Waals surface area (Å²) in [4.78, 5) is 14.9. The van der Waals surface area contributed by atoms with E-state index in [1.165, 1.54) is 18.7 Å². The zero-order chi connectivity index (χ0) is 20.3. The third kappa shape index (κ3) is 5.14. The number of thioether (sulfide) groups is 1. The number of carbonyl (C=O) groups excluding carboxylic acids is 1. The number of likely N-dealkylation sites (tertiary alicyclic amines) is 1. The highest BCUT2D eigenvalue weighted by Gasteiger charge is 2.48. The van der Waals surface area contributed by atoms with E-state index in [2.05, 4.69) is 12.2 Å². The van der Waals surface area contributed by atoms with Gasteiger partial charge in [0.15, 0.2) is 0 Å². The van der Waals surface area contributed by atoms with Crippen LogP contribution >= 0.6 is 11.8 Å². The number of rotatable bonds is 7. The molecule has 0 aromatic rings. The lowest BCUT2D eigenvalue weighted by Gasteiger charge is -2.44. The van der Waals surface area contributed by atoms with Crippen LogP contribution < -0.4 is 5.32 Å². The largest absolute Gasteiger partial charge is 0.391 e. The Morgan fingerprint density at radius 3 is 2.52 bits per heavy atom. The van der Waals surface area contributed by atoms with E-state index in [0.29, 0.717) is 5.92 Å². The highest BCUT2D eigenvalue weighted by atomic mass is 32.2. The minimum atomic E-state index is -1.42. The van der Waals surface area contributed by atoms with Crippen LogP contribution in [0.2, 0.25) is 0 Å². The first-order valence-corrected chi connectivity index (χ1v) is 10.9. The molecule has 0 aromatic heterocycles. The molecular formula is C18H34N2O6S. The lowest BCUT2D eigenvalue weighted by Crippen LogP contribution is -2.65. The van der Waals surface area contributed by atoms with Gasteiger partial charge in [0.2, 0.25) is 5.91 Å². The van der Waals surface area contributed by atoms with Crippen LogP contribution in [0.1, 0.15) is 33.1 Å². The van der Waals surface area contributed by atoms with Gasteiger partial charge in [-0.2, -0.15) is 0 Å². The third-order valence-electron chi connectivity index (χ3n) is 5.66. The van der Waals surface area contributed by atoms with Crippen LogP contribution in [-0.2, 0) is 9.53 Å². The van der Waals surface area contributed by atoms with Crippen molar-refractivity contribution < 1.29 is 30.0 Å². The Balaban J connectivity index is 2.09. The zero-order valence-electron chi connectivity index (χ0n) is 16.5. The van der Waals surface area contributed by atoms with E-state index in [1.54, 1.807) is 6.26 Å². The molecule has 9 heteroatoms. The molecule has 0 unspecified atom stereocenters. The smallest absolute Gasteiger partial charge is 0.237 e. The summed E-state index contributed by atoms with van der Waals surface area (Å²) >= 11 is 1.20. The van der Waals surface area contributed by atoms with E-state index in [1.807, 2.05) is 11.9 Å². The van der Waals surface area contributed by atoms with Gasteiger partial charge in [-0.05, 0) is 39.0 Å². The summed E-state index contributed by atoms with van der Waals surface area (Å²) in [6, 6.07) is -1.20. The summed E-state index contributed by atoms with van der Waals surface area (Å²) in [5, 5.41) is 43.5. The molecule has 2 saturated heterocycles. The molecule has 0 aromatic carbocycles. The van der Waals surface area contributed by atoms with Gasteiger partial charge in [0.05, 0.1) is 18.2 Å². The maximum Gasteiger partial charge on any atom is 0.237 e. The predicted molar refractivity (Wildman–Crippen MR) is 103 cm³/mol. The Bertz CT molecular complexity index is 494. The third-order valence-corrected chi connectivity index (χ3v) is 6.51. The van der Waals surface area contributed by atoms with Gasteiger partial charge < -0.3 is 30.5 Å². The fourth-order valence-corrected chi connectivity index (χ4v) is 4.81. The van der Waals surface area contributed by atoms with Crippen LogP contribution in [0.15, 0.2) is 0 Å². The second-order valence-electron chi connectivity index (χ2n) is 7.80. The molecule has 2 aliphatic rings. The van der Waals surface area contributed by atoms with Gasteiger partial charge in [0, 0.05) is 6.54 Å². The van der Waals surface area contributed by atoms with Crippen molar-refractivity contribution >= 4 is 17.7 Å². The molecule has 2 aliphatic heterocycles. The Labute approximate surface area is 165 Å². The number of carbonyl (C=O) groups is 1. The molecule has 2 fully saturated rings. The standard InChI is InChI=1S/C18H34N2O6S/c1-5-6-10-7-11(20(3)8-10)17(25)19-12(9(2)21)16-14(23)13(22)15(24)18(26-16)27-4/h9-16,18,21-24H,5-8H2,1-4H3,(H,19,25)/t9-,10-,11+,12+,13+,14-,15-,16-,18-/m0/s1. The van der Waals surface area contributed by atoms with Crippen molar-refractivity contribution in [3.8, 4) is 0 Å². The van der Waals surface area contributed by atoms with Gasteiger partial charge in [-0.15, -0.1) is 11.8 Å². The predicted octanol–water partition coefficient (Wildman–Crippen LogP) is -0.857. The van der Waals surface area contributed by atoms with E-state index < -0.39 is 42.0 Å². The Morgan fingerprint density at radius 2 is 1.96 bits per heavy atom. The van der Waals surface area contributed by atoms with Crippen LogP contribution in [0.3, 0.4) is 0 Å². The first kappa shape index (κ1) is 22.9. The van der Waals surface area contributed by atoms with E-state index >= 15 is 0 Å². The van der Waals surface area contributed by atoms with E-state index in [-0.39, 0.29) is 11.9 Å². The Kier molecular flexibility index (Phi) is 8.35. The van der Waals surface area contributed by atoms with Gasteiger partial charge in [0.25, 0.3) is 0 Å². The minimum Gasteiger partial charge on any atom is -0.391 e. The SMILES string of the molecule is CCC[C@H]1C[C@H](C(=O)N[C@@H]([C@@H]2O[C@@H](SC)[C@@H](O)[C@H](O)[C@@H]2O)[C@H](C)O)N(C)C1. The van der Waals surface area contributed by atoms with Crippen LogP contribution in [0.4, 0.5) is 0 Å². The van der Waals surface area contributed by atoms with Crippen molar-refractivity contribution in [1.29, 1.82) is 0 Å². The maximum absolute atomic E-state index is 12.8. The van der Waals surface area contributed by atoms with Crippen molar-refractivity contribution in [2.45, 2.75) is 81.1 Å². The average Bonchev–Trinajstić information content (AvgIpc) is 2.99. The quantitative estimate of drug-likeness (QED) is 0.370.